The van der Waals surface area contributed by atoms with E-state index in [1.807, 2.05) is 31.2 Å². The number of anilines is 1. The van der Waals surface area contributed by atoms with Gasteiger partial charge in [0.2, 0.25) is 5.91 Å². The first-order chi connectivity index (χ1) is 12.1. The summed E-state index contributed by atoms with van der Waals surface area (Å²) in [5, 5.41) is 11.7. The van der Waals surface area contributed by atoms with E-state index >= 15 is 0 Å². The van der Waals surface area contributed by atoms with Gasteiger partial charge in [-0.05, 0) is 36.8 Å². The van der Waals surface area contributed by atoms with Crippen molar-refractivity contribution >= 4 is 56.8 Å². The Balaban J connectivity index is 1.65. The molecule has 1 atom stereocenters. The van der Waals surface area contributed by atoms with Crippen molar-refractivity contribution < 1.29 is 4.79 Å². The average molecular weight is 388 g/mol. The van der Waals surface area contributed by atoms with Crippen LogP contribution in [-0.2, 0) is 10.5 Å². The molecule has 1 unspecified atom stereocenters. The number of para-hydroxylation sites is 1. The number of rotatable bonds is 3. The maximum atomic E-state index is 12.4. The van der Waals surface area contributed by atoms with Crippen LogP contribution in [0.15, 0.2) is 47.5 Å². The molecule has 4 nitrogen and oxygen atoms in total. The molecule has 0 saturated heterocycles. The summed E-state index contributed by atoms with van der Waals surface area (Å²) in [6, 6.07) is 14.9. The van der Waals surface area contributed by atoms with Crippen molar-refractivity contribution in [2.75, 3.05) is 5.32 Å². The van der Waals surface area contributed by atoms with Crippen molar-refractivity contribution in [3.63, 3.8) is 0 Å². The van der Waals surface area contributed by atoms with Crippen molar-refractivity contribution in [3.8, 4) is 6.07 Å². The number of fused-ring (bicyclic) bond motifs is 1. The first-order valence-electron chi connectivity index (χ1n) is 7.53. The van der Waals surface area contributed by atoms with Crippen LogP contribution in [-0.4, -0.2) is 15.5 Å². The second-order valence-electron chi connectivity index (χ2n) is 5.35. The summed E-state index contributed by atoms with van der Waals surface area (Å²) in [5.41, 5.74) is 3.13. The van der Waals surface area contributed by atoms with Gasteiger partial charge in [0.1, 0.15) is 10.4 Å². The number of nitrogens with one attached hydrogen (secondary N) is 1. The van der Waals surface area contributed by atoms with Gasteiger partial charge < -0.3 is 5.32 Å². The van der Waals surface area contributed by atoms with E-state index in [0.717, 1.165) is 15.8 Å². The SMILES string of the molecule is CC(SC1=Nc2ccccc2CS1)C(=O)Nc1ccc(C#N)c(Cl)c1. The third-order valence-electron chi connectivity index (χ3n) is 3.56. The molecule has 1 aliphatic rings. The van der Waals surface area contributed by atoms with Crippen LogP contribution in [0.25, 0.3) is 0 Å². The zero-order chi connectivity index (χ0) is 17.8. The van der Waals surface area contributed by atoms with Crippen molar-refractivity contribution in [2.45, 2.75) is 17.9 Å². The molecule has 0 bridgehead atoms. The number of amides is 1. The van der Waals surface area contributed by atoms with Gasteiger partial charge in [-0.3, -0.25) is 4.79 Å². The Kier molecular flexibility index (Phi) is 5.69. The Hall–Kier alpha value is -1.94. The highest BCUT2D eigenvalue weighted by atomic mass is 35.5. The highest BCUT2D eigenvalue weighted by Gasteiger charge is 2.20. The molecule has 0 fully saturated rings. The van der Waals surface area contributed by atoms with Crippen molar-refractivity contribution in [1.29, 1.82) is 5.26 Å². The van der Waals surface area contributed by atoms with E-state index in [2.05, 4.69) is 16.4 Å². The molecule has 2 aromatic rings. The Morgan fingerprint density at radius 1 is 1.40 bits per heavy atom. The molecule has 0 aliphatic carbocycles. The van der Waals surface area contributed by atoms with E-state index in [1.165, 1.54) is 17.3 Å². The monoisotopic (exact) mass is 387 g/mol. The van der Waals surface area contributed by atoms with Crippen LogP contribution in [0.2, 0.25) is 5.02 Å². The van der Waals surface area contributed by atoms with Gasteiger partial charge in [-0.2, -0.15) is 5.26 Å². The zero-order valence-electron chi connectivity index (χ0n) is 13.3. The minimum atomic E-state index is -0.300. The number of nitriles is 1. The van der Waals surface area contributed by atoms with Crippen LogP contribution in [0.5, 0.6) is 0 Å². The lowest BCUT2D eigenvalue weighted by Gasteiger charge is -2.17. The van der Waals surface area contributed by atoms with Gasteiger partial charge in [-0.25, -0.2) is 4.99 Å². The molecule has 0 saturated carbocycles. The van der Waals surface area contributed by atoms with Crippen LogP contribution in [0.4, 0.5) is 11.4 Å². The number of nitrogens with zero attached hydrogens (tertiary/aromatic N) is 2. The summed E-state index contributed by atoms with van der Waals surface area (Å²) < 4.78 is 0.888. The molecule has 2 aromatic carbocycles. The van der Waals surface area contributed by atoms with Gasteiger partial charge >= 0.3 is 0 Å². The molecule has 1 amide bonds. The zero-order valence-corrected chi connectivity index (χ0v) is 15.7. The first-order valence-corrected chi connectivity index (χ1v) is 9.77. The molecule has 1 aliphatic heterocycles. The third kappa shape index (κ3) is 4.37. The van der Waals surface area contributed by atoms with E-state index in [-0.39, 0.29) is 11.2 Å². The number of thioether (sulfide) groups is 2. The fourth-order valence-corrected chi connectivity index (χ4v) is 4.61. The summed E-state index contributed by atoms with van der Waals surface area (Å²) in [6.45, 7) is 1.84. The summed E-state index contributed by atoms with van der Waals surface area (Å²) in [4.78, 5) is 17.0. The first kappa shape index (κ1) is 17.9. The normalized spacial score (nSPS) is 14.0. The van der Waals surface area contributed by atoms with Crippen LogP contribution < -0.4 is 5.32 Å². The van der Waals surface area contributed by atoms with E-state index in [0.29, 0.717) is 16.3 Å². The highest BCUT2D eigenvalue weighted by molar-refractivity contribution is 8.39. The molecular weight excluding hydrogens is 374 g/mol. The maximum absolute atomic E-state index is 12.4. The molecule has 1 heterocycles. The summed E-state index contributed by atoms with van der Waals surface area (Å²) in [6.07, 6.45) is 0. The predicted octanol–water partition coefficient (Wildman–Crippen LogP) is 5.21. The average Bonchev–Trinajstić information content (AvgIpc) is 2.61. The fourth-order valence-electron chi connectivity index (χ4n) is 2.20. The molecule has 7 heteroatoms. The van der Waals surface area contributed by atoms with E-state index < -0.39 is 0 Å². The third-order valence-corrected chi connectivity index (χ3v) is 6.17. The number of aliphatic imine (C=N–C) groups is 1. The van der Waals surface area contributed by atoms with Gasteiger partial charge in [0.25, 0.3) is 0 Å². The summed E-state index contributed by atoms with van der Waals surface area (Å²) in [5.74, 6) is 0.731. The molecule has 0 radical (unpaired) electrons. The fraction of sp³-hybridized carbons (Fsp3) is 0.167. The second-order valence-corrected chi connectivity index (χ2v) is 8.31. The number of hydrogen-bond acceptors (Lipinski definition) is 5. The molecule has 25 heavy (non-hydrogen) atoms. The number of carbonyl (C=O) groups is 1. The van der Waals surface area contributed by atoms with Crippen LogP contribution in [0.3, 0.4) is 0 Å². The van der Waals surface area contributed by atoms with Crippen LogP contribution in [0.1, 0.15) is 18.1 Å². The van der Waals surface area contributed by atoms with Gasteiger partial charge in [0, 0.05) is 11.4 Å². The highest BCUT2D eigenvalue weighted by Crippen LogP contribution is 2.36. The van der Waals surface area contributed by atoms with Crippen LogP contribution >= 0.6 is 35.1 Å². The quantitative estimate of drug-likeness (QED) is 0.785. The summed E-state index contributed by atoms with van der Waals surface area (Å²) >= 11 is 9.07. The Labute approximate surface area is 159 Å². The Morgan fingerprint density at radius 2 is 2.20 bits per heavy atom. The van der Waals surface area contributed by atoms with Gasteiger partial charge in [0.05, 0.1) is 21.5 Å². The minimum absolute atomic E-state index is 0.132. The van der Waals surface area contributed by atoms with E-state index in [4.69, 9.17) is 16.9 Å². The lowest BCUT2D eigenvalue weighted by Crippen LogP contribution is -2.23. The molecule has 3 rings (SSSR count). The molecule has 0 aromatic heterocycles. The van der Waals surface area contributed by atoms with Gasteiger partial charge in [-0.15, -0.1) is 0 Å². The smallest absolute Gasteiger partial charge is 0.237 e. The van der Waals surface area contributed by atoms with Crippen molar-refractivity contribution in [1.82, 2.24) is 0 Å². The van der Waals surface area contributed by atoms with E-state index in [1.54, 1.807) is 30.0 Å². The number of benzene rings is 2. The molecule has 0 spiro atoms. The molecular formula is C18H14ClN3OS2. The second kappa shape index (κ2) is 7.96. The predicted molar refractivity (Wildman–Crippen MR) is 107 cm³/mol. The maximum Gasteiger partial charge on any atom is 0.237 e. The van der Waals surface area contributed by atoms with Crippen molar-refractivity contribution in [2.24, 2.45) is 4.99 Å². The molecule has 1 N–H and O–H groups in total. The standard InChI is InChI=1S/C18H14ClN3OS2/c1-11(17(23)21-14-7-6-12(9-20)15(19)8-14)25-18-22-16-5-3-2-4-13(16)10-24-18/h2-8,11H,10H2,1H3,(H,21,23). The summed E-state index contributed by atoms with van der Waals surface area (Å²) in [7, 11) is 0. The molecule has 126 valence electrons. The lowest BCUT2D eigenvalue weighted by atomic mass is 10.2. The Bertz CT molecular complexity index is 892. The Morgan fingerprint density at radius 3 is 2.96 bits per heavy atom. The lowest BCUT2D eigenvalue weighted by molar-refractivity contribution is -0.115. The number of carbonyl (C=O) groups excluding carboxylic acids is 1. The van der Waals surface area contributed by atoms with Crippen LogP contribution in [0, 0.1) is 11.3 Å². The van der Waals surface area contributed by atoms with E-state index in [9.17, 15) is 4.79 Å². The van der Waals surface area contributed by atoms with Crippen molar-refractivity contribution in [3.05, 3.63) is 58.6 Å². The minimum Gasteiger partial charge on any atom is -0.325 e. The van der Waals surface area contributed by atoms with Gasteiger partial charge in [-0.1, -0.05) is 53.3 Å². The topological polar surface area (TPSA) is 65.2 Å². The van der Waals surface area contributed by atoms with Gasteiger partial charge in [0.15, 0.2) is 0 Å². The number of hydrogen-bond donors (Lipinski definition) is 1. The largest absolute Gasteiger partial charge is 0.325 e. The number of halogens is 1.